The second-order valence-electron chi connectivity index (χ2n) is 8.07. The standard InChI is InChI=1S/C20H26FNO7/c1-8-27-10-9-12-11-13(22(25)26)15(18(24)29-20(5,6)7)16(21)14(12)17(23)28-19(2,3)4/h9-11H,8H2,1-7H3/b10-9+. The highest BCUT2D eigenvalue weighted by molar-refractivity contribution is 6.01. The van der Waals surface area contributed by atoms with Crippen LogP contribution in [-0.2, 0) is 14.2 Å². The lowest BCUT2D eigenvalue weighted by molar-refractivity contribution is -0.385. The van der Waals surface area contributed by atoms with E-state index in [9.17, 15) is 19.7 Å². The van der Waals surface area contributed by atoms with Crippen molar-refractivity contribution in [2.24, 2.45) is 0 Å². The van der Waals surface area contributed by atoms with Gasteiger partial charge in [-0.3, -0.25) is 10.1 Å². The van der Waals surface area contributed by atoms with Crippen LogP contribution in [0, 0.1) is 15.9 Å². The molecular formula is C20H26FNO7. The quantitative estimate of drug-likeness (QED) is 0.290. The molecule has 1 aromatic rings. The number of halogens is 1. The topological polar surface area (TPSA) is 105 Å². The molecule has 0 unspecified atom stereocenters. The van der Waals surface area contributed by atoms with Crippen molar-refractivity contribution in [2.45, 2.75) is 59.7 Å². The van der Waals surface area contributed by atoms with E-state index in [1.54, 1.807) is 27.7 Å². The van der Waals surface area contributed by atoms with Crippen LogP contribution in [0.5, 0.6) is 0 Å². The molecular weight excluding hydrogens is 385 g/mol. The molecule has 0 saturated carbocycles. The molecule has 29 heavy (non-hydrogen) atoms. The minimum atomic E-state index is -1.39. The smallest absolute Gasteiger partial charge is 0.348 e. The van der Waals surface area contributed by atoms with Crippen molar-refractivity contribution in [3.8, 4) is 0 Å². The van der Waals surface area contributed by atoms with Crippen molar-refractivity contribution in [3.63, 3.8) is 0 Å². The van der Waals surface area contributed by atoms with Gasteiger partial charge in [-0.2, -0.15) is 0 Å². The highest BCUT2D eigenvalue weighted by Gasteiger charge is 2.35. The molecule has 0 amide bonds. The molecule has 1 rings (SSSR count). The molecule has 0 fully saturated rings. The highest BCUT2D eigenvalue weighted by Crippen LogP contribution is 2.32. The number of rotatable bonds is 6. The van der Waals surface area contributed by atoms with Gasteiger partial charge in [0.05, 0.1) is 17.8 Å². The van der Waals surface area contributed by atoms with Crippen LogP contribution in [-0.4, -0.2) is 34.7 Å². The monoisotopic (exact) mass is 411 g/mol. The summed E-state index contributed by atoms with van der Waals surface area (Å²) in [7, 11) is 0. The number of esters is 2. The average molecular weight is 411 g/mol. The van der Waals surface area contributed by atoms with Crippen molar-refractivity contribution in [1.29, 1.82) is 0 Å². The molecule has 0 heterocycles. The fourth-order valence-electron chi connectivity index (χ4n) is 2.21. The maximum atomic E-state index is 15.3. The SMILES string of the molecule is CCO/C=C/c1cc([N+](=O)[O-])c(C(=O)OC(C)(C)C)c(F)c1C(=O)OC(C)(C)C. The number of nitro groups is 1. The van der Waals surface area contributed by atoms with Crippen LogP contribution in [0.25, 0.3) is 6.08 Å². The fourth-order valence-corrected chi connectivity index (χ4v) is 2.21. The third kappa shape index (κ3) is 6.85. The van der Waals surface area contributed by atoms with Gasteiger partial charge < -0.3 is 14.2 Å². The zero-order chi connectivity index (χ0) is 22.6. The normalized spacial score (nSPS) is 12.0. The first kappa shape index (κ1) is 24.1. The number of carbonyl (C=O) groups excluding carboxylic acids is 2. The lowest BCUT2D eigenvalue weighted by Crippen LogP contribution is -2.28. The van der Waals surface area contributed by atoms with Crippen LogP contribution in [0.15, 0.2) is 12.3 Å². The van der Waals surface area contributed by atoms with E-state index in [1.807, 2.05) is 0 Å². The molecule has 0 bridgehead atoms. The van der Waals surface area contributed by atoms with Gasteiger partial charge in [0, 0.05) is 11.6 Å². The van der Waals surface area contributed by atoms with E-state index in [4.69, 9.17) is 14.2 Å². The average Bonchev–Trinajstić information content (AvgIpc) is 2.50. The molecule has 0 aliphatic heterocycles. The number of hydrogen-bond acceptors (Lipinski definition) is 7. The van der Waals surface area contributed by atoms with Crippen molar-refractivity contribution in [1.82, 2.24) is 0 Å². The summed E-state index contributed by atoms with van der Waals surface area (Å²) in [5, 5.41) is 11.5. The van der Waals surface area contributed by atoms with Gasteiger partial charge in [0.1, 0.15) is 16.8 Å². The van der Waals surface area contributed by atoms with Gasteiger partial charge in [-0.25, -0.2) is 14.0 Å². The predicted molar refractivity (Wildman–Crippen MR) is 104 cm³/mol. The molecule has 9 heteroatoms. The van der Waals surface area contributed by atoms with Gasteiger partial charge in [-0.05, 0) is 54.5 Å². The van der Waals surface area contributed by atoms with E-state index < -0.39 is 50.7 Å². The van der Waals surface area contributed by atoms with Gasteiger partial charge in [0.25, 0.3) is 5.69 Å². The Labute approximate surface area is 168 Å². The van der Waals surface area contributed by atoms with Gasteiger partial charge in [-0.15, -0.1) is 0 Å². The van der Waals surface area contributed by atoms with Crippen LogP contribution < -0.4 is 0 Å². The van der Waals surface area contributed by atoms with Crippen molar-refractivity contribution in [3.05, 3.63) is 45.0 Å². The molecule has 8 nitrogen and oxygen atoms in total. The Bertz CT molecular complexity index is 833. The maximum absolute atomic E-state index is 15.3. The van der Waals surface area contributed by atoms with Crippen LogP contribution >= 0.6 is 0 Å². The first-order chi connectivity index (χ1) is 13.2. The molecule has 1 aromatic carbocycles. The molecule has 0 aromatic heterocycles. The first-order valence-corrected chi connectivity index (χ1v) is 8.93. The van der Waals surface area contributed by atoms with E-state index in [0.717, 1.165) is 6.07 Å². The lowest BCUT2D eigenvalue weighted by Gasteiger charge is -2.22. The minimum Gasteiger partial charge on any atom is -0.501 e. The van der Waals surface area contributed by atoms with Crippen LogP contribution in [0.3, 0.4) is 0 Å². The van der Waals surface area contributed by atoms with E-state index in [2.05, 4.69) is 0 Å². The summed E-state index contributed by atoms with van der Waals surface area (Å²) < 4.78 is 30.7. The molecule has 160 valence electrons. The van der Waals surface area contributed by atoms with E-state index >= 15 is 4.39 Å². The summed E-state index contributed by atoms with van der Waals surface area (Å²) >= 11 is 0. The number of nitro benzene ring substituents is 1. The number of ether oxygens (including phenoxy) is 3. The van der Waals surface area contributed by atoms with Gasteiger partial charge >= 0.3 is 11.9 Å². The Balaban J connectivity index is 3.77. The van der Waals surface area contributed by atoms with Crippen LogP contribution in [0.4, 0.5) is 10.1 Å². The molecule has 0 aliphatic rings. The van der Waals surface area contributed by atoms with Crippen molar-refractivity contribution >= 4 is 23.7 Å². The summed E-state index contributed by atoms with van der Waals surface area (Å²) in [5.74, 6) is -3.73. The predicted octanol–water partition coefficient (Wildman–Crippen LogP) is 4.65. The number of hydrogen-bond donors (Lipinski definition) is 0. The zero-order valence-electron chi connectivity index (χ0n) is 17.6. The molecule has 0 spiro atoms. The number of carbonyl (C=O) groups is 2. The Morgan fingerprint density at radius 2 is 1.55 bits per heavy atom. The molecule has 0 aliphatic carbocycles. The molecule has 0 saturated heterocycles. The third-order valence-corrected chi connectivity index (χ3v) is 3.19. The van der Waals surface area contributed by atoms with Gasteiger partial charge in [0.2, 0.25) is 0 Å². The Morgan fingerprint density at radius 1 is 1.07 bits per heavy atom. The third-order valence-electron chi connectivity index (χ3n) is 3.19. The summed E-state index contributed by atoms with van der Waals surface area (Å²) in [6, 6.07) is 0.914. The Hall–Kier alpha value is -2.97. The summed E-state index contributed by atoms with van der Waals surface area (Å²) in [4.78, 5) is 35.7. The Morgan fingerprint density at radius 3 is 1.97 bits per heavy atom. The van der Waals surface area contributed by atoms with Crippen molar-refractivity contribution < 1.29 is 33.1 Å². The molecule has 0 radical (unpaired) electrons. The number of benzene rings is 1. The maximum Gasteiger partial charge on any atom is 0.348 e. The highest BCUT2D eigenvalue weighted by atomic mass is 19.1. The van der Waals surface area contributed by atoms with Crippen LogP contribution in [0.1, 0.15) is 74.7 Å². The second-order valence-corrected chi connectivity index (χ2v) is 8.07. The fraction of sp³-hybridized carbons (Fsp3) is 0.500. The first-order valence-electron chi connectivity index (χ1n) is 8.93. The van der Waals surface area contributed by atoms with E-state index in [-0.39, 0.29) is 5.56 Å². The Kier molecular flexibility index (Phi) is 7.49. The van der Waals surface area contributed by atoms with Gasteiger partial charge in [0.15, 0.2) is 11.4 Å². The lowest BCUT2D eigenvalue weighted by atomic mass is 9.99. The minimum absolute atomic E-state index is 0.163. The molecule has 0 N–H and O–H groups in total. The number of nitrogens with zero attached hydrogens (tertiary/aromatic N) is 1. The van der Waals surface area contributed by atoms with Crippen LogP contribution in [0.2, 0.25) is 0 Å². The van der Waals surface area contributed by atoms with Gasteiger partial charge in [-0.1, -0.05) is 0 Å². The second kappa shape index (κ2) is 9.02. The zero-order valence-corrected chi connectivity index (χ0v) is 17.6. The van der Waals surface area contributed by atoms with E-state index in [1.165, 1.54) is 33.1 Å². The summed E-state index contributed by atoms with van der Waals surface area (Å²) in [6.45, 7) is 11.3. The van der Waals surface area contributed by atoms with E-state index in [0.29, 0.717) is 6.61 Å². The molecule has 0 atom stereocenters. The van der Waals surface area contributed by atoms with Crippen molar-refractivity contribution in [2.75, 3.05) is 6.61 Å². The summed E-state index contributed by atoms with van der Waals surface area (Å²) in [5.41, 5.74) is -4.55. The largest absolute Gasteiger partial charge is 0.501 e. The summed E-state index contributed by atoms with van der Waals surface area (Å²) in [6.07, 6.45) is 2.36.